The first kappa shape index (κ1) is 17.9. The molecule has 138 valence electrons. The standard InChI is InChI=1S/C18H23N5O3/c1-2-21-9-11-22(12-10-21)15-6-4-3-5-14(15)19-17(25)13-23-8-7-16(24)20-18(23)26/h3-8H,2,9-13H2,1H3,(H,19,25)(H,20,24,26). The van der Waals surface area contributed by atoms with Crippen molar-refractivity contribution in [2.75, 3.05) is 42.9 Å². The number of carbonyl (C=O) groups excluding carboxylic acids is 1. The van der Waals surface area contributed by atoms with Crippen LogP contribution in [0, 0.1) is 0 Å². The molecule has 1 fully saturated rings. The number of aromatic nitrogens is 2. The van der Waals surface area contributed by atoms with E-state index in [2.05, 4.69) is 27.0 Å². The number of nitrogens with zero attached hydrogens (tertiary/aromatic N) is 3. The predicted octanol–water partition coefficient (Wildman–Crippen LogP) is 0.317. The Kier molecular flexibility index (Phi) is 5.52. The summed E-state index contributed by atoms with van der Waals surface area (Å²) in [6.07, 6.45) is 1.32. The van der Waals surface area contributed by atoms with E-state index < -0.39 is 11.2 Å². The molecule has 0 atom stereocenters. The van der Waals surface area contributed by atoms with Crippen LogP contribution in [0.2, 0.25) is 0 Å². The number of amides is 1. The van der Waals surface area contributed by atoms with Gasteiger partial charge in [-0.25, -0.2) is 4.79 Å². The number of carbonyl (C=O) groups is 1. The highest BCUT2D eigenvalue weighted by molar-refractivity contribution is 5.94. The van der Waals surface area contributed by atoms with Crippen molar-refractivity contribution in [2.24, 2.45) is 0 Å². The topological polar surface area (TPSA) is 90.4 Å². The molecule has 26 heavy (non-hydrogen) atoms. The van der Waals surface area contributed by atoms with Crippen molar-refractivity contribution in [3.8, 4) is 0 Å². The average Bonchev–Trinajstić information content (AvgIpc) is 2.65. The van der Waals surface area contributed by atoms with Crippen molar-refractivity contribution in [1.29, 1.82) is 0 Å². The minimum absolute atomic E-state index is 0.159. The van der Waals surface area contributed by atoms with Gasteiger partial charge in [-0.05, 0) is 18.7 Å². The molecule has 3 rings (SSSR count). The minimum Gasteiger partial charge on any atom is -0.367 e. The van der Waals surface area contributed by atoms with Crippen LogP contribution < -0.4 is 21.5 Å². The first-order valence-electron chi connectivity index (χ1n) is 8.73. The molecule has 0 aliphatic carbocycles. The van der Waals surface area contributed by atoms with E-state index in [4.69, 9.17) is 0 Å². The Labute approximate surface area is 151 Å². The van der Waals surface area contributed by atoms with Gasteiger partial charge in [0.25, 0.3) is 5.56 Å². The lowest BCUT2D eigenvalue weighted by Crippen LogP contribution is -2.46. The normalized spacial score (nSPS) is 15.0. The molecule has 0 unspecified atom stereocenters. The van der Waals surface area contributed by atoms with Gasteiger partial charge in [-0.2, -0.15) is 0 Å². The Morgan fingerprint density at radius 3 is 2.54 bits per heavy atom. The first-order chi connectivity index (χ1) is 12.6. The summed E-state index contributed by atoms with van der Waals surface area (Å²) in [5.41, 5.74) is 0.616. The Hall–Kier alpha value is -2.87. The van der Waals surface area contributed by atoms with Crippen molar-refractivity contribution < 1.29 is 4.79 Å². The molecule has 1 amide bonds. The summed E-state index contributed by atoms with van der Waals surface area (Å²) in [5, 5.41) is 2.88. The monoisotopic (exact) mass is 357 g/mol. The van der Waals surface area contributed by atoms with Gasteiger partial charge in [0.15, 0.2) is 0 Å². The zero-order valence-electron chi connectivity index (χ0n) is 14.8. The van der Waals surface area contributed by atoms with Crippen molar-refractivity contribution >= 4 is 17.3 Å². The van der Waals surface area contributed by atoms with E-state index in [0.29, 0.717) is 0 Å². The van der Waals surface area contributed by atoms with E-state index in [-0.39, 0.29) is 12.5 Å². The van der Waals surface area contributed by atoms with E-state index in [1.54, 1.807) is 0 Å². The van der Waals surface area contributed by atoms with E-state index in [9.17, 15) is 14.4 Å². The molecular weight excluding hydrogens is 334 g/mol. The Morgan fingerprint density at radius 1 is 1.12 bits per heavy atom. The van der Waals surface area contributed by atoms with Gasteiger partial charge in [0, 0.05) is 38.4 Å². The molecule has 0 saturated carbocycles. The van der Waals surface area contributed by atoms with Gasteiger partial charge < -0.3 is 15.1 Å². The maximum absolute atomic E-state index is 12.4. The zero-order valence-corrected chi connectivity index (χ0v) is 14.8. The number of rotatable bonds is 5. The number of H-pyrrole nitrogens is 1. The fourth-order valence-electron chi connectivity index (χ4n) is 3.07. The SMILES string of the molecule is CCN1CCN(c2ccccc2NC(=O)Cn2ccc(=O)[nH]c2=O)CC1. The van der Waals surface area contributed by atoms with Gasteiger partial charge in [-0.3, -0.25) is 19.1 Å². The van der Waals surface area contributed by atoms with Crippen LogP contribution in [0.5, 0.6) is 0 Å². The third kappa shape index (κ3) is 4.20. The molecule has 0 bridgehead atoms. The number of piperazine rings is 1. The van der Waals surface area contributed by atoms with Crippen LogP contribution in [0.3, 0.4) is 0 Å². The molecular formula is C18H23N5O3. The molecule has 0 spiro atoms. The number of para-hydroxylation sites is 2. The molecule has 1 aliphatic heterocycles. The van der Waals surface area contributed by atoms with Crippen LogP contribution >= 0.6 is 0 Å². The summed E-state index contributed by atoms with van der Waals surface area (Å²) in [5.74, 6) is -0.321. The molecule has 1 aromatic heterocycles. The highest BCUT2D eigenvalue weighted by Gasteiger charge is 2.18. The zero-order chi connectivity index (χ0) is 18.5. The van der Waals surface area contributed by atoms with Gasteiger partial charge in [0.05, 0.1) is 11.4 Å². The summed E-state index contributed by atoms with van der Waals surface area (Å²) in [6, 6.07) is 8.88. The molecule has 1 saturated heterocycles. The molecule has 2 aromatic rings. The fraction of sp³-hybridized carbons (Fsp3) is 0.389. The Balaban J connectivity index is 1.71. The second kappa shape index (κ2) is 8.01. The molecule has 1 aromatic carbocycles. The third-order valence-electron chi connectivity index (χ3n) is 4.55. The fourth-order valence-corrected chi connectivity index (χ4v) is 3.07. The smallest absolute Gasteiger partial charge is 0.328 e. The molecule has 2 N–H and O–H groups in total. The lowest BCUT2D eigenvalue weighted by molar-refractivity contribution is -0.116. The van der Waals surface area contributed by atoms with E-state index >= 15 is 0 Å². The van der Waals surface area contributed by atoms with Gasteiger partial charge in [-0.1, -0.05) is 19.1 Å². The molecule has 8 nitrogen and oxygen atoms in total. The summed E-state index contributed by atoms with van der Waals surface area (Å²) in [4.78, 5) is 42.0. The van der Waals surface area contributed by atoms with Crippen molar-refractivity contribution in [3.63, 3.8) is 0 Å². The second-order valence-corrected chi connectivity index (χ2v) is 6.22. The second-order valence-electron chi connectivity index (χ2n) is 6.22. The highest BCUT2D eigenvalue weighted by atomic mass is 16.2. The van der Waals surface area contributed by atoms with Crippen molar-refractivity contribution in [1.82, 2.24) is 14.5 Å². The largest absolute Gasteiger partial charge is 0.367 e. The minimum atomic E-state index is -0.600. The molecule has 8 heteroatoms. The van der Waals surface area contributed by atoms with Crippen LogP contribution in [-0.4, -0.2) is 53.1 Å². The van der Waals surface area contributed by atoms with Gasteiger partial charge >= 0.3 is 5.69 Å². The van der Waals surface area contributed by atoms with Gasteiger partial charge in [0.2, 0.25) is 5.91 Å². The average molecular weight is 357 g/mol. The predicted molar refractivity (Wildman–Crippen MR) is 101 cm³/mol. The summed E-state index contributed by atoms with van der Waals surface area (Å²) in [6.45, 7) is 6.83. The van der Waals surface area contributed by atoms with Crippen molar-refractivity contribution in [2.45, 2.75) is 13.5 Å². The number of benzene rings is 1. The maximum atomic E-state index is 12.4. The number of nitrogens with one attached hydrogen (secondary N) is 2. The summed E-state index contributed by atoms with van der Waals surface area (Å²) in [7, 11) is 0. The summed E-state index contributed by atoms with van der Waals surface area (Å²) < 4.78 is 1.17. The van der Waals surface area contributed by atoms with Crippen LogP contribution in [-0.2, 0) is 11.3 Å². The Morgan fingerprint density at radius 2 is 1.85 bits per heavy atom. The first-order valence-corrected chi connectivity index (χ1v) is 8.73. The number of anilines is 2. The van der Waals surface area contributed by atoms with Crippen LogP contribution in [0.15, 0.2) is 46.1 Å². The van der Waals surface area contributed by atoms with Crippen LogP contribution in [0.1, 0.15) is 6.92 Å². The Bertz CT molecular complexity index is 881. The van der Waals surface area contributed by atoms with Crippen LogP contribution in [0.25, 0.3) is 0 Å². The number of likely N-dealkylation sites (N-methyl/N-ethyl adjacent to an activating group) is 1. The van der Waals surface area contributed by atoms with E-state index in [1.807, 2.05) is 24.3 Å². The van der Waals surface area contributed by atoms with E-state index in [0.717, 1.165) is 44.1 Å². The lowest BCUT2D eigenvalue weighted by Gasteiger charge is -2.36. The molecule has 1 aliphatic rings. The number of hydrogen-bond donors (Lipinski definition) is 2. The highest BCUT2D eigenvalue weighted by Crippen LogP contribution is 2.26. The maximum Gasteiger partial charge on any atom is 0.328 e. The van der Waals surface area contributed by atoms with Gasteiger partial charge in [0.1, 0.15) is 6.54 Å². The van der Waals surface area contributed by atoms with Crippen LogP contribution in [0.4, 0.5) is 11.4 Å². The van der Waals surface area contributed by atoms with Gasteiger partial charge in [-0.15, -0.1) is 0 Å². The third-order valence-corrected chi connectivity index (χ3v) is 4.55. The van der Waals surface area contributed by atoms with E-state index in [1.165, 1.54) is 16.8 Å². The summed E-state index contributed by atoms with van der Waals surface area (Å²) >= 11 is 0. The number of aromatic amines is 1. The van der Waals surface area contributed by atoms with Crippen molar-refractivity contribution in [3.05, 3.63) is 57.4 Å². The number of hydrogen-bond acceptors (Lipinski definition) is 5. The molecule has 2 heterocycles. The molecule has 0 radical (unpaired) electrons. The quantitative estimate of drug-likeness (QED) is 0.804. The lowest BCUT2D eigenvalue weighted by atomic mass is 10.2.